The predicted molar refractivity (Wildman–Crippen MR) is 125 cm³/mol. The van der Waals surface area contributed by atoms with Crippen LogP contribution in [0.3, 0.4) is 0 Å². The lowest BCUT2D eigenvalue weighted by molar-refractivity contribution is -0.120. The standard InChI is InChI=1S/C19H33N7O2.HI/c1-15(2)11-24-7-8-28-17(13-24)10-21-19(20-3)25-5-6-26(18(27)14-25)16-9-22-23(4)12-16;/h9,12,15,17H,5-8,10-11,13-14H2,1-4H3,(H,20,21);1H. The summed E-state index contributed by atoms with van der Waals surface area (Å²) < 4.78 is 7.62. The molecule has 0 bridgehead atoms. The summed E-state index contributed by atoms with van der Waals surface area (Å²) in [6, 6.07) is 0. The highest BCUT2D eigenvalue weighted by molar-refractivity contribution is 14.0. The summed E-state index contributed by atoms with van der Waals surface area (Å²) >= 11 is 0. The van der Waals surface area contributed by atoms with E-state index in [2.05, 4.69) is 34.2 Å². The Hall–Kier alpha value is -1.40. The highest BCUT2D eigenvalue weighted by Gasteiger charge is 2.28. The zero-order valence-corrected chi connectivity index (χ0v) is 20.2. The van der Waals surface area contributed by atoms with E-state index >= 15 is 0 Å². The van der Waals surface area contributed by atoms with Gasteiger partial charge in [0.05, 0.1) is 24.6 Å². The number of nitrogens with zero attached hydrogens (tertiary/aromatic N) is 6. The fraction of sp³-hybridized carbons (Fsp3) is 0.737. The van der Waals surface area contributed by atoms with E-state index in [4.69, 9.17) is 4.74 Å². The lowest BCUT2D eigenvalue weighted by Gasteiger charge is -2.37. The number of aryl methyl sites for hydroxylation is 1. The Labute approximate surface area is 190 Å². The number of amides is 1. The Kier molecular flexibility index (Phi) is 9.15. The number of aliphatic imine (C=N–C) groups is 1. The first kappa shape index (κ1) is 23.9. The van der Waals surface area contributed by atoms with Crippen molar-refractivity contribution in [2.24, 2.45) is 18.0 Å². The number of nitrogens with one attached hydrogen (secondary N) is 1. The van der Waals surface area contributed by atoms with Crippen LogP contribution in [0.5, 0.6) is 0 Å². The SMILES string of the molecule is CN=C(NCC1CN(CC(C)C)CCO1)N1CCN(c2cnn(C)c2)C(=O)C1.I. The smallest absolute Gasteiger partial charge is 0.246 e. The molecule has 0 radical (unpaired) electrons. The summed E-state index contributed by atoms with van der Waals surface area (Å²) in [5.74, 6) is 1.46. The number of piperazine rings is 1. The topological polar surface area (TPSA) is 78.2 Å². The molecule has 9 nitrogen and oxygen atoms in total. The quantitative estimate of drug-likeness (QED) is 0.349. The van der Waals surface area contributed by atoms with E-state index in [1.807, 2.05) is 18.1 Å². The van der Waals surface area contributed by atoms with E-state index in [9.17, 15) is 4.79 Å². The Morgan fingerprint density at radius 2 is 2.17 bits per heavy atom. The summed E-state index contributed by atoms with van der Waals surface area (Å²) in [6.45, 7) is 10.6. The average Bonchev–Trinajstić information content (AvgIpc) is 3.08. The number of ether oxygens (including phenoxy) is 1. The van der Waals surface area contributed by atoms with E-state index in [1.165, 1.54) is 0 Å². The summed E-state index contributed by atoms with van der Waals surface area (Å²) in [6.07, 6.45) is 3.73. The summed E-state index contributed by atoms with van der Waals surface area (Å²) in [7, 11) is 3.61. The first-order chi connectivity index (χ1) is 13.5. The Balaban J connectivity index is 0.00000300. The molecule has 2 aliphatic heterocycles. The maximum atomic E-state index is 12.6. The molecular formula is C19H34IN7O2. The van der Waals surface area contributed by atoms with Crippen LogP contribution >= 0.6 is 24.0 Å². The van der Waals surface area contributed by atoms with Crippen LogP contribution in [0.25, 0.3) is 0 Å². The third-order valence-corrected chi connectivity index (χ3v) is 5.07. The van der Waals surface area contributed by atoms with Crippen molar-refractivity contribution >= 4 is 41.5 Å². The van der Waals surface area contributed by atoms with Gasteiger partial charge in [0.15, 0.2) is 5.96 Å². The van der Waals surface area contributed by atoms with Gasteiger partial charge in [-0.15, -0.1) is 24.0 Å². The predicted octanol–water partition coefficient (Wildman–Crippen LogP) is 0.619. The summed E-state index contributed by atoms with van der Waals surface area (Å²) in [5, 5.41) is 7.56. The number of hydrogen-bond acceptors (Lipinski definition) is 5. The molecule has 1 atom stereocenters. The van der Waals surface area contributed by atoms with Crippen LogP contribution in [-0.4, -0.2) is 97.0 Å². The van der Waals surface area contributed by atoms with Crippen LogP contribution in [0.1, 0.15) is 13.8 Å². The van der Waals surface area contributed by atoms with Crippen LogP contribution in [0.15, 0.2) is 17.4 Å². The molecule has 0 aromatic carbocycles. The number of morpholine rings is 1. The first-order valence-corrected chi connectivity index (χ1v) is 10.0. The van der Waals surface area contributed by atoms with Crippen molar-refractivity contribution in [1.29, 1.82) is 0 Å². The monoisotopic (exact) mass is 519 g/mol. The third kappa shape index (κ3) is 6.54. The number of rotatable bonds is 5. The van der Waals surface area contributed by atoms with Gasteiger partial charge in [0.1, 0.15) is 6.54 Å². The van der Waals surface area contributed by atoms with Gasteiger partial charge in [-0.3, -0.25) is 19.4 Å². The minimum Gasteiger partial charge on any atom is -0.374 e. The highest BCUT2D eigenvalue weighted by atomic mass is 127. The van der Waals surface area contributed by atoms with Gasteiger partial charge in [-0.2, -0.15) is 5.10 Å². The van der Waals surface area contributed by atoms with E-state index < -0.39 is 0 Å². The molecule has 3 rings (SSSR count). The molecule has 0 saturated carbocycles. The van der Waals surface area contributed by atoms with Crippen molar-refractivity contribution in [3.05, 3.63) is 12.4 Å². The van der Waals surface area contributed by atoms with Gasteiger partial charge in [0.25, 0.3) is 0 Å². The number of halogens is 1. The van der Waals surface area contributed by atoms with E-state index in [1.54, 1.807) is 22.8 Å². The minimum absolute atomic E-state index is 0. The van der Waals surface area contributed by atoms with E-state index in [0.29, 0.717) is 25.6 Å². The summed E-state index contributed by atoms with van der Waals surface area (Å²) in [4.78, 5) is 23.2. The lowest BCUT2D eigenvalue weighted by Crippen LogP contribution is -2.57. The fourth-order valence-corrected chi connectivity index (χ4v) is 3.80. The molecule has 1 N–H and O–H groups in total. The van der Waals surface area contributed by atoms with Gasteiger partial charge < -0.3 is 19.9 Å². The van der Waals surface area contributed by atoms with Gasteiger partial charge in [0, 0.05) is 59.6 Å². The van der Waals surface area contributed by atoms with Crippen LogP contribution in [-0.2, 0) is 16.6 Å². The number of carbonyl (C=O) groups excluding carboxylic acids is 1. The molecule has 164 valence electrons. The molecule has 2 fully saturated rings. The molecular weight excluding hydrogens is 485 g/mol. The molecule has 1 aromatic rings. The van der Waals surface area contributed by atoms with Crippen LogP contribution in [0.4, 0.5) is 5.69 Å². The van der Waals surface area contributed by atoms with Gasteiger partial charge in [0.2, 0.25) is 5.91 Å². The Morgan fingerprint density at radius 1 is 1.38 bits per heavy atom. The van der Waals surface area contributed by atoms with Crippen molar-refractivity contribution in [1.82, 2.24) is 24.9 Å². The zero-order valence-electron chi connectivity index (χ0n) is 17.9. The van der Waals surface area contributed by atoms with Crippen molar-refractivity contribution in [2.75, 3.05) is 64.4 Å². The van der Waals surface area contributed by atoms with Crippen LogP contribution in [0, 0.1) is 5.92 Å². The van der Waals surface area contributed by atoms with Crippen molar-refractivity contribution < 1.29 is 9.53 Å². The number of aromatic nitrogens is 2. The first-order valence-electron chi connectivity index (χ1n) is 10.0. The van der Waals surface area contributed by atoms with E-state index in [0.717, 1.165) is 44.4 Å². The van der Waals surface area contributed by atoms with Gasteiger partial charge >= 0.3 is 0 Å². The zero-order chi connectivity index (χ0) is 20.1. The molecule has 2 aliphatic rings. The van der Waals surface area contributed by atoms with E-state index in [-0.39, 0.29) is 36.0 Å². The molecule has 2 saturated heterocycles. The fourth-order valence-electron chi connectivity index (χ4n) is 3.80. The van der Waals surface area contributed by atoms with Gasteiger partial charge in [-0.1, -0.05) is 13.8 Å². The lowest BCUT2D eigenvalue weighted by atomic mass is 10.2. The van der Waals surface area contributed by atoms with Crippen LogP contribution < -0.4 is 10.2 Å². The van der Waals surface area contributed by atoms with Crippen molar-refractivity contribution in [2.45, 2.75) is 20.0 Å². The number of hydrogen-bond donors (Lipinski definition) is 1. The molecule has 1 aromatic heterocycles. The second kappa shape index (κ2) is 11.1. The highest BCUT2D eigenvalue weighted by Crippen LogP contribution is 2.16. The third-order valence-electron chi connectivity index (χ3n) is 5.07. The average molecular weight is 519 g/mol. The largest absolute Gasteiger partial charge is 0.374 e. The maximum absolute atomic E-state index is 12.6. The van der Waals surface area contributed by atoms with Gasteiger partial charge in [-0.25, -0.2) is 0 Å². The molecule has 3 heterocycles. The Bertz CT molecular complexity index is 694. The Morgan fingerprint density at radius 3 is 2.79 bits per heavy atom. The second-order valence-corrected chi connectivity index (χ2v) is 7.91. The summed E-state index contributed by atoms with van der Waals surface area (Å²) in [5.41, 5.74) is 0.843. The molecule has 1 unspecified atom stereocenters. The molecule has 1 amide bonds. The number of guanidine groups is 1. The number of anilines is 1. The maximum Gasteiger partial charge on any atom is 0.246 e. The van der Waals surface area contributed by atoms with Crippen LogP contribution in [0.2, 0.25) is 0 Å². The minimum atomic E-state index is 0. The van der Waals surface area contributed by atoms with Crippen molar-refractivity contribution in [3.63, 3.8) is 0 Å². The molecule has 0 spiro atoms. The number of carbonyl (C=O) groups is 1. The van der Waals surface area contributed by atoms with Gasteiger partial charge in [-0.05, 0) is 5.92 Å². The van der Waals surface area contributed by atoms with Crippen molar-refractivity contribution in [3.8, 4) is 0 Å². The molecule has 10 heteroatoms. The molecule has 29 heavy (non-hydrogen) atoms. The molecule has 0 aliphatic carbocycles. The second-order valence-electron chi connectivity index (χ2n) is 7.91. The normalized spacial score (nSPS) is 21.5.